The maximum Gasteiger partial charge on any atom is 0.184 e. The number of nitrogens with two attached hydrogens (primary N) is 1. The molecule has 0 aromatic carbocycles. The Balaban J connectivity index is 2.78. The highest BCUT2D eigenvalue weighted by atomic mass is 32.1. The van der Waals surface area contributed by atoms with Gasteiger partial charge in [0.25, 0.3) is 0 Å². The lowest BCUT2D eigenvalue weighted by Gasteiger charge is -1.99. The summed E-state index contributed by atoms with van der Waals surface area (Å²) in [5.74, 6) is 0. The molecule has 0 spiro atoms. The summed E-state index contributed by atoms with van der Waals surface area (Å²) < 4.78 is 4.13. The number of aryl methyl sites for hydroxylation is 1. The number of nitrogens with zero attached hydrogens (tertiary/aromatic N) is 2. The van der Waals surface area contributed by atoms with Crippen molar-refractivity contribution >= 4 is 34.6 Å². The van der Waals surface area contributed by atoms with Gasteiger partial charge in [-0.1, -0.05) is 0 Å². The second-order valence-corrected chi connectivity index (χ2v) is 3.56. The van der Waals surface area contributed by atoms with Crippen molar-refractivity contribution in [2.24, 2.45) is 10.8 Å². The predicted molar refractivity (Wildman–Crippen MR) is 59.0 cm³/mol. The van der Waals surface area contributed by atoms with E-state index < -0.39 is 0 Å². The molecule has 6 heteroatoms. The van der Waals surface area contributed by atoms with Gasteiger partial charge in [-0.15, -0.1) is 0 Å². The van der Waals surface area contributed by atoms with E-state index in [-0.39, 0.29) is 5.11 Å². The molecule has 0 saturated carbocycles. The lowest BCUT2D eigenvalue weighted by atomic mass is 10.2. The molecule has 0 amide bonds. The number of hydrazone groups is 1. The van der Waals surface area contributed by atoms with E-state index in [1.54, 1.807) is 0 Å². The van der Waals surface area contributed by atoms with Crippen LogP contribution in [-0.4, -0.2) is 15.2 Å². The number of nitrogens with one attached hydrogen (secondary N) is 1. The zero-order chi connectivity index (χ0) is 9.84. The third-order valence-corrected chi connectivity index (χ3v) is 2.29. The molecule has 70 valence electrons. The van der Waals surface area contributed by atoms with E-state index in [1.165, 1.54) is 11.5 Å². The number of rotatable bonds is 2. The molecule has 1 rings (SSSR count). The van der Waals surface area contributed by atoms with Crippen LogP contribution in [0.4, 0.5) is 0 Å². The number of aromatic nitrogens is 1. The van der Waals surface area contributed by atoms with Crippen molar-refractivity contribution in [3.05, 3.63) is 16.6 Å². The van der Waals surface area contributed by atoms with Gasteiger partial charge in [0.15, 0.2) is 5.11 Å². The first-order valence-electron chi connectivity index (χ1n) is 3.62. The largest absolute Gasteiger partial charge is 0.375 e. The van der Waals surface area contributed by atoms with Crippen LogP contribution in [0, 0.1) is 6.92 Å². The SMILES string of the molecule is C/C(=N/NC(N)=S)c1csnc1C. The maximum atomic E-state index is 5.23. The summed E-state index contributed by atoms with van der Waals surface area (Å²) in [5, 5.41) is 6.10. The van der Waals surface area contributed by atoms with Gasteiger partial charge in [0.05, 0.1) is 11.4 Å². The lowest BCUT2D eigenvalue weighted by Crippen LogP contribution is -2.25. The van der Waals surface area contributed by atoms with Crippen LogP contribution in [0.25, 0.3) is 0 Å². The third-order valence-electron chi connectivity index (χ3n) is 1.47. The van der Waals surface area contributed by atoms with Gasteiger partial charge >= 0.3 is 0 Å². The second-order valence-electron chi connectivity index (χ2n) is 2.49. The molecule has 1 heterocycles. The molecule has 0 saturated heterocycles. The first kappa shape index (κ1) is 10.1. The minimum absolute atomic E-state index is 0.167. The van der Waals surface area contributed by atoms with Gasteiger partial charge in [0, 0.05) is 10.9 Å². The van der Waals surface area contributed by atoms with Crippen LogP contribution in [0.15, 0.2) is 10.5 Å². The van der Waals surface area contributed by atoms with E-state index in [2.05, 4.69) is 27.1 Å². The van der Waals surface area contributed by atoms with Crippen LogP contribution in [0.3, 0.4) is 0 Å². The van der Waals surface area contributed by atoms with Gasteiger partial charge < -0.3 is 5.73 Å². The molecule has 0 radical (unpaired) electrons. The van der Waals surface area contributed by atoms with Crippen LogP contribution in [0.2, 0.25) is 0 Å². The minimum Gasteiger partial charge on any atom is -0.375 e. The van der Waals surface area contributed by atoms with Gasteiger partial charge in [-0.25, -0.2) is 0 Å². The predicted octanol–water partition coefficient (Wildman–Crippen LogP) is 1.01. The van der Waals surface area contributed by atoms with Crippen molar-refractivity contribution in [1.29, 1.82) is 0 Å². The van der Waals surface area contributed by atoms with Crippen molar-refractivity contribution in [3.63, 3.8) is 0 Å². The van der Waals surface area contributed by atoms with Crippen molar-refractivity contribution in [1.82, 2.24) is 9.80 Å². The Labute approximate surface area is 86.0 Å². The van der Waals surface area contributed by atoms with Crippen LogP contribution in [0.5, 0.6) is 0 Å². The van der Waals surface area contributed by atoms with E-state index in [4.69, 9.17) is 5.73 Å². The molecule has 0 aliphatic heterocycles. The lowest BCUT2D eigenvalue weighted by molar-refractivity contribution is 1.03. The summed E-state index contributed by atoms with van der Waals surface area (Å²) in [6.45, 7) is 3.81. The summed E-state index contributed by atoms with van der Waals surface area (Å²) in [5.41, 5.74) is 10.6. The van der Waals surface area contributed by atoms with Gasteiger partial charge in [-0.05, 0) is 37.6 Å². The van der Waals surface area contributed by atoms with Gasteiger partial charge in [0.2, 0.25) is 0 Å². The molecule has 0 unspecified atom stereocenters. The highest BCUT2D eigenvalue weighted by Crippen LogP contribution is 2.09. The Morgan fingerprint density at radius 3 is 2.92 bits per heavy atom. The van der Waals surface area contributed by atoms with E-state index in [0.29, 0.717) is 0 Å². The average Bonchev–Trinajstić information content (AvgIpc) is 2.47. The van der Waals surface area contributed by atoms with Crippen molar-refractivity contribution in [3.8, 4) is 0 Å². The molecule has 1 aromatic rings. The molecule has 0 fully saturated rings. The van der Waals surface area contributed by atoms with Crippen molar-refractivity contribution in [2.45, 2.75) is 13.8 Å². The van der Waals surface area contributed by atoms with E-state index in [9.17, 15) is 0 Å². The first-order valence-corrected chi connectivity index (χ1v) is 4.87. The van der Waals surface area contributed by atoms with Gasteiger partial charge in [-0.2, -0.15) is 9.47 Å². The summed E-state index contributed by atoms with van der Waals surface area (Å²) >= 11 is 6.03. The molecular formula is C7H10N4S2. The maximum absolute atomic E-state index is 5.23. The molecule has 0 aliphatic carbocycles. The zero-order valence-corrected chi connectivity index (χ0v) is 9.00. The van der Waals surface area contributed by atoms with Crippen molar-refractivity contribution < 1.29 is 0 Å². The first-order chi connectivity index (χ1) is 6.11. The number of hydrogen-bond acceptors (Lipinski definition) is 4. The fourth-order valence-electron chi connectivity index (χ4n) is 0.839. The van der Waals surface area contributed by atoms with Crippen molar-refractivity contribution in [2.75, 3.05) is 0 Å². The standard InChI is InChI=1S/C7H10N4S2/c1-4(9-10-7(8)12)6-3-13-11-5(6)2/h3H,1-2H3,(H3,8,10,12)/b9-4-. The monoisotopic (exact) mass is 214 g/mol. The van der Waals surface area contributed by atoms with Gasteiger partial charge in [0.1, 0.15) is 0 Å². The summed E-state index contributed by atoms with van der Waals surface area (Å²) in [6.07, 6.45) is 0. The minimum atomic E-state index is 0.167. The Morgan fingerprint density at radius 1 is 1.77 bits per heavy atom. The molecule has 3 N–H and O–H groups in total. The Bertz CT molecular complexity index is 342. The van der Waals surface area contributed by atoms with Crippen LogP contribution in [0.1, 0.15) is 18.2 Å². The summed E-state index contributed by atoms with van der Waals surface area (Å²) in [4.78, 5) is 0. The fraction of sp³-hybridized carbons (Fsp3) is 0.286. The topological polar surface area (TPSA) is 63.3 Å². The molecule has 1 aromatic heterocycles. The quantitative estimate of drug-likeness (QED) is 0.438. The Kier molecular flexibility index (Phi) is 3.32. The summed E-state index contributed by atoms with van der Waals surface area (Å²) in [6, 6.07) is 0. The molecule has 0 atom stereocenters. The Hall–Kier alpha value is -1.01. The number of thiocarbonyl (C=S) groups is 1. The molecule has 0 bridgehead atoms. The normalized spacial score (nSPS) is 11.4. The van der Waals surface area contributed by atoms with E-state index >= 15 is 0 Å². The highest BCUT2D eigenvalue weighted by Gasteiger charge is 2.03. The van der Waals surface area contributed by atoms with Crippen LogP contribution >= 0.6 is 23.8 Å². The van der Waals surface area contributed by atoms with Crippen LogP contribution < -0.4 is 11.2 Å². The molecular weight excluding hydrogens is 204 g/mol. The summed E-state index contributed by atoms with van der Waals surface area (Å²) in [7, 11) is 0. The molecule has 4 nitrogen and oxygen atoms in total. The Morgan fingerprint density at radius 2 is 2.46 bits per heavy atom. The molecule has 0 aliphatic rings. The highest BCUT2D eigenvalue weighted by molar-refractivity contribution is 7.80. The smallest absolute Gasteiger partial charge is 0.184 e. The average molecular weight is 214 g/mol. The van der Waals surface area contributed by atoms with E-state index in [0.717, 1.165) is 17.0 Å². The third kappa shape index (κ3) is 2.74. The zero-order valence-electron chi connectivity index (χ0n) is 7.37. The molecule has 13 heavy (non-hydrogen) atoms. The van der Waals surface area contributed by atoms with Gasteiger partial charge in [-0.3, -0.25) is 5.43 Å². The number of hydrogen-bond donors (Lipinski definition) is 2. The fourth-order valence-corrected chi connectivity index (χ4v) is 1.64. The van der Waals surface area contributed by atoms with E-state index in [1.807, 2.05) is 19.2 Å². The second kappa shape index (κ2) is 4.29. The van der Waals surface area contributed by atoms with Crippen LogP contribution in [-0.2, 0) is 0 Å².